The molecule has 4 heteroatoms. The Bertz CT molecular complexity index is 596. The zero-order valence-electron chi connectivity index (χ0n) is 11.2. The molecular formula is C16H16N2OS. The number of nitrogens with one attached hydrogen (secondary N) is 1. The zero-order chi connectivity index (χ0) is 13.8. The fourth-order valence-electron chi connectivity index (χ4n) is 2.08. The summed E-state index contributed by atoms with van der Waals surface area (Å²) in [5.74, 6) is 0.860. The highest BCUT2D eigenvalue weighted by Gasteiger charge is 2.21. The number of aliphatic imine (C=N–C) groups is 1. The molecule has 1 heterocycles. The van der Waals surface area contributed by atoms with Crippen LogP contribution < -0.4 is 10.1 Å². The van der Waals surface area contributed by atoms with Crippen molar-refractivity contribution in [3.8, 4) is 5.75 Å². The molecule has 0 saturated carbocycles. The Balaban J connectivity index is 1.62. The van der Waals surface area contributed by atoms with Crippen molar-refractivity contribution >= 4 is 22.6 Å². The second-order valence-electron chi connectivity index (χ2n) is 4.52. The van der Waals surface area contributed by atoms with Crippen LogP contribution in [0.2, 0.25) is 0 Å². The van der Waals surface area contributed by atoms with E-state index in [1.807, 2.05) is 30.3 Å². The molecule has 20 heavy (non-hydrogen) atoms. The summed E-state index contributed by atoms with van der Waals surface area (Å²) >= 11 is 1.78. The van der Waals surface area contributed by atoms with Gasteiger partial charge in [0, 0.05) is 5.69 Å². The minimum Gasteiger partial charge on any atom is -0.497 e. The van der Waals surface area contributed by atoms with Crippen LogP contribution in [-0.2, 0) is 0 Å². The lowest BCUT2D eigenvalue weighted by atomic mass is 10.1. The number of rotatable bonds is 3. The van der Waals surface area contributed by atoms with Gasteiger partial charge in [0.25, 0.3) is 0 Å². The van der Waals surface area contributed by atoms with Crippen molar-refractivity contribution in [1.82, 2.24) is 0 Å². The average Bonchev–Trinajstić information content (AvgIpc) is 2.97. The van der Waals surface area contributed by atoms with E-state index >= 15 is 0 Å². The van der Waals surface area contributed by atoms with Gasteiger partial charge >= 0.3 is 0 Å². The monoisotopic (exact) mass is 284 g/mol. The highest BCUT2D eigenvalue weighted by molar-refractivity contribution is 8.14. The normalized spacial score (nSPS) is 17.6. The summed E-state index contributed by atoms with van der Waals surface area (Å²) in [6.45, 7) is 0.827. The lowest BCUT2D eigenvalue weighted by Crippen LogP contribution is -2.05. The fraction of sp³-hybridized carbons (Fsp3) is 0.188. The van der Waals surface area contributed by atoms with Crippen LogP contribution >= 0.6 is 11.8 Å². The van der Waals surface area contributed by atoms with Crippen molar-refractivity contribution < 1.29 is 4.74 Å². The summed E-state index contributed by atoms with van der Waals surface area (Å²) in [5.41, 5.74) is 2.36. The number of methoxy groups -OCH3 is 1. The second-order valence-corrected chi connectivity index (χ2v) is 5.71. The van der Waals surface area contributed by atoms with Crippen molar-refractivity contribution in [3.05, 3.63) is 60.2 Å². The van der Waals surface area contributed by atoms with Crippen LogP contribution in [0.4, 0.5) is 5.69 Å². The topological polar surface area (TPSA) is 33.6 Å². The smallest absolute Gasteiger partial charge is 0.161 e. The summed E-state index contributed by atoms with van der Waals surface area (Å²) in [5, 5.41) is 4.74. The first kappa shape index (κ1) is 13.1. The quantitative estimate of drug-likeness (QED) is 0.926. The summed E-state index contributed by atoms with van der Waals surface area (Å²) in [7, 11) is 1.67. The molecule has 0 amide bonds. The number of amidine groups is 1. The van der Waals surface area contributed by atoms with Gasteiger partial charge in [-0.05, 0) is 29.8 Å². The van der Waals surface area contributed by atoms with Crippen LogP contribution in [-0.4, -0.2) is 18.8 Å². The van der Waals surface area contributed by atoms with E-state index in [9.17, 15) is 0 Å². The SMILES string of the molecule is COc1ccc(NC2=NCC(c3ccccc3)S2)cc1. The van der Waals surface area contributed by atoms with Crippen LogP contribution in [0, 0.1) is 0 Å². The predicted molar refractivity (Wildman–Crippen MR) is 85.7 cm³/mol. The first-order valence-electron chi connectivity index (χ1n) is 6.52. The predicted octanol–water partition coefficient (Wildman–Crippen LogP) is 3.95. The lowest BCUT2D eigenvalue weighted by molar-refractivity contribution is 0.415. The maximum absolute atomic E-state index is 5.15. The first-order chi connectivity index (χ1) is 9.85. The van der Waals surface area contributed by atoms with E-state index in [2.05, 4.69) is 34.6 Å². The third-order valence-electron chi connectivity index (χ3n) is 3.17. The lowest BCUT2D eigenvalue weighted by Gasteiger charge is -2.09. The third kappa shape index (κ3) is 2.96. The van der Waals surface area contributed by atoms with Gasteiger partial charge < -0.3 is 10.1 Å². The van der Waals surface area contributed by atoms with E-state index in [0.29, 0.717) is 5.25 Å². The molecule has 1 aliphatic rings. The van der Waals surface area contributed by atoms with Gasteiger partial charge in [-0.1, -0.05) is 42.1 Å². The van der Waals surface area contributed by atoms with Crippen molar-refractivity contribution in [1.29, 1.82) is 0 Å². The summed E-state index contributed by atoms with van der Waals surface area (Å²) < 4.78 is 5.15. The van der Waals surface area contributed by atoms with Crippen LogP contribution in [0.15, 0.2) is 59.6 Å². The molecule has 0 bridgehead atoms. The molecule has 2 aromatic rings. The number of anilines is 1. The van der Waals surface area contributed by atoms with E-state index < -0.39 is 0 Å². The third-order valence-corrected chi connectivity index (χ3v) is 4.33. The van der Waals surface area contributed by atoms with E-state index in [1.165, 1.54) is 5.56 Å². The van der Waals surface area contributed by atoms with E-state index in [4.69, 9.17) is 4.74 Å². The summed E-state index contributed by atoms with van der Waals surface area (Å²) in [6.07, 6.45) is 0. The van der Waals surface area contributed by atoms with Gasteiger partial charge in [0.1, 0.15) is 5.75 Å². The molecular weight excluding hydrogens is 268 g/mol. The van der Waals surface area contributed by atoms with Crippen LogP contribution in [0.25, 0.3) is 0 Å². The molecule has 0 fully saturated rings. The highest BCUT2D eigenvalue weighted by Crippen LogP contribution is 2.35. The van der Waals surface area contributed by atoms with Gasteiger partial charge in [-0.2, -0.15) is 0 Å². The summed E-state index contributed by atoms with van der Waals surface area (Å²) in [6, 6.07) is 18.4. The Morgan fingerprint density at radius 3 is 2.55 bits per heavy atom. The Morgan fingerprint density at radius 1 is 1.10 bits per heavy atom. The van der Waals surface area contributed by atoms with Gasteiger partial charge in [0.2, 0.25) is 0 Å². The molecule has 3 rings (SSSR count). The molecule has 1 unspecified atom stereocenters. The molecule has 2 aromatic carbocycles. The summed E-state index contributed by atoms with van der Waals surface area (Å²) in [4.78, 5) is 4.57. The van der Waals surface area contributed by atoms with Gasteiger partial charge in [-0.15, -0.1) is 0 Å². The molecule has 1 atom stereocenters. The molecule has 3 nitrogen and oxygen atoms in total. The molecule has 0 aliphatic carbocycles. The Kier molecular flexibility index (Phi) is 3.92. The molecule has 0 radical (unpaired) electrons. The van der Waals surface area contributed by atoms with Crippen LogP contribution in [0.3, 0.4) is 0 Å². The van der Waals surface area contributed by atoms with Gasteiger partial charge in [-0.25, -0.2) is 0 Å². The average molecular weight is 284 g/mol. The maximum atomic E-state index is 5.15. The molecule has 1 aliphatic heterocycles. The second kappa shape index (κ2) is 6.01. The molecule has 0 spiro atoms. The number of ether oxygens (including phenoxy) is 1. The van der Waals surface area contributed by atoms with Crippen molar-refractivity contribution in [2.75, 3.05) is 19.0 Å². The number of thioether (sulfide) groups is 1. The first-order valence-corrected chi connectivity index (χ1v) is 7.40. The van der Waals surface area contributed by atoms with Crippen molar-refractivity contribution in [3.63, 3.8) is 0 Å². The van der Waals surface area contributed by atoms with Gasteiger partial charge in [-0.3, -0.25) is 4.99 Å². The highest BCUT2D eigenvalue weighted by atomic mass is 32.2. The number of hydrogen-bond donors (Lipinski definition) is 1. The number of nitrogens with zero attached hydrogens (tertiary/aromatic N) is 1. The maximum Gasteiger partial charge on any atom is 0.161 e. The Hall–Kier alpha value is -1.94. The molecule has 102 valence electrons. The minimum atomic E-state index is 0.414. The number of hydrogen-bond acceptors (Lipinski definition) is 4. The zero-order valence-corrected chi connectivity index (χ0v) is 12.1. The van der Waals surface area contributed by atoms with Crippen LogP contribution in [0.1, 0.15) is 10.8 Å². The molecule has 1 N–H and O–H groups in total. The van der Waals surface area contributed by atoms with Gasteiger partial charge in [0.15, 0.2) is 5.17 Å². The molecule has 0 aromatic heterocycles. The van der Waals surface area contributed by atoms with E-state index in [-0.39, 0.29) is 0 Å². The minimum absolute atomic E-state index is 0.414. The standard InChI is InChI=1S/C16H16N2OS/c1-19-14-9-7-13(8-10-14)18-16-17-11-15(20-16)12-5-3-2-4-6-12/h2-10,15H,11H2,1H3,(H,17,18). The Morgan fingerprint density at radius 2 is 1.85 bits per heavy atom. The molecule has 0 saturated heterocycles. The van der Waals surface area contributed by atoms with E-state index in [1.54, 1.807) is 18.9 Å². The fourth-order valence-corrected chi connectivity index (χ4v) is 3.12. The number of benzene rings is 2. The van der Waals surface area contributed by atoms with E-state index in [0.717, 1.165) is 23.1 Å². The van der Waals surface area contributed by atoms with Gasteiger partial charge in [0.05, 0.1) is 18.9 Å². The van der Waals surface area contributed by atoms with Crippen molar-refractivity contribution in [2.24, 2.45) is 4.99 Å². The van der Waals surface area contributed by atoms with Crippen LogP contribution in [0.5, 0.6) is 5.75 Å². The Labute approximate surface area is 123 Å². The van der Waals surface area contributed by atoms with Crippen molar-refractivity contribution in [2.45, 2.75) is 5.25 Å². The largest absolute Gasteiger partial charge is 0.497 e.